The second-order valence-electron chi connectivity index (χ2n) is 3.28. The number of hydrogen-bond acceptors (Lipinski definition) is 2. The van der Waals surface area contributed by atoms with E-state index in [0.717, 1.165) is 19.5 Å². The van der Waals surface area contributed by atoms with Crippen molar-refractivity contribution in [3.8, 4) is 0 Å². The molecule has 0 N–H and O–H groups in total. The van der Waals surface area contributed by atoms with Gasteiger partial charge in [-0.15, -0.1) is 0 Å². The van der Waals surface area contributed by atoms with Crippen LogP contribution in [0.25, 0.3) is 0 Å². The van der Waals surface area contributed by atoms with Crippen molar-refractivity contribution < 1.29 is 4.79 Å². The van der Waals surface area contributed by atoms with Gasteiger partial charge in [-0.2, -0.15) is 0 Å². The SMILES string of the molecule is C=CC(=O)N1CCCN1C(C)C. The molecule has 68 valence electrons. The molecular formula is C9H16N2O. The highest BCUT2D eigenvalue weighted by molar-refractivity contribution is 5.86. The van der Waals surface area contributed by atoms with Gasteiger partial charge in [0.1, 0.15) is 0 Å². The molecule has 0 aliphatic carbocycles. The largest absolute Gasteiger partial charge is 0.272 e. The van der Waals surface area contributed by atoms with Crippen molar-refractivity contribution in [3.63, 3.8) is 0 Å². The molecule has 0 saturated carbocycles. The maximum Gasteiger partial charge on any atom is 0.260 e. The van der Waals surface area contributed by atoms with Crippen LogP contribution >= 0.6 is 0 Å². The van der Waals surface area contributed by atoms with Crippen molar-refractivity contribution in [2.45, 2.75) is 26.3 Å². The van der Waals surface area contributed by atoms with Crippen molar-refractivity contribution in [2.75, 3.05) is 13.1 Å². The zero-order chi connectivity index (χ0) is 9.14. The number of hydrogen-bond donors (Lipinski definition) is 0. The van der Waals surface area contributed by atoms with E-state index in [-0.39, 0.29) is 5.91 Å². The summed E-state index contributed by atoms with van der Waals surface area (Å²) < 4.78 is 0. The Hall–Kier alpha value is -0.830. The number of carbonyl (C=O) groups excluding carboxylic acids is 1. The molecule has 0 bridgehead atoms. The lowest BCUT2D eigenvalue weighted by Crippen LogP contribution is -2.44. The smallest absolute Gasteiger partial charge is 0.260 e. The molecule has 1 heterocycles. The van der Waals surface area contributed by atoms with Gasteiger partial charge in [0.2, 0.25) is 0 Å². The Kier molecular flexibility index (Phi) is 2.87. The summed E-state index contributed by atoms with van der Waals surface area (Å²) in [6.45, 7) is 9.48. The highest BCUT2D eigenvalue weighted by atomic mass is 16.2. The molecule has 0 atom stereocenters. The minimum Gasteiger partial charge on any atom is -0.272 e. The fraction of sp³-hybridized carbons (Fsp3) is 0.667. The Bertz CT molecular complexity index is 189. The normalized spacial score (nSPS) is 18.8. The quantitative estimate of drug-likeness (QED) is 0.575. The highest BCUT2D eigenvalue weighted by Crippen LogP contribution is 2.13. The molecule has 0 aromatic carbocycles. The maximum absolute atomic E-state index is 11.3. The summed E-state index contributed by atoms with van der Waals surface area (Å²) in [6.07, 6.45) is 2.44. The Morgan fingerprint density at radius 1 is 1.50 bits per heavy atom. The van der Waals surface area contributed by atoms with Crippen LogP contribution in [0.15, 0.2) is 12.7 Å². The summed E-state index contributed by atoms with van der Waals surface area (Å²) in [5.41, 5.74) is 0. The first-order chi connectivity index (χ1) is 5.66. The number of amides is 1. The van der Waals surface area contributed by atoms with Gasteiger partial charge < -0.3 is 0 Å². The van der Waals surface area contributed by atoms with Crippen molar-refractivity contribution in [2.24, 2.45) is 0 Å². The van der Waals surface area contributed by atoms with E-state index in [4.69, 9.17) is 0 Å². The maximum atomic E-state index is 11.3. The van der Waals surface area contributed by atoms with Gasteiger partial charge in [-0.1, -0.05) is 6.58 Å². The molecule has 0 aromatic heterocycles. The van der Waals surface area contributed by atoms with Crippen LogP contribution in [0.4, 0.5) is 0 Å². The predicted molar refractivity (Wildman–Crippen MR) is 48.4 cm³/mol. The third-order valence-electron chi connectivity index (χ3n) is 2.09. The van der Waals surface area contributed by atoms with Gasteiger partial charge in [-0.25, -0.2) is 5.01 Å². The number of carbonyl (C=O) groups is 1. The fourth-order valence-corrected chi connectivity index (χ4v) is 1.51. The van der Waals surface area contributed by atoms with Crippen LogP contribution < -0.4 is 0 Å². The molecule has 0 unspecified atom stereocenters. The van der Waals surface area contributed by atoms with E-state index in [2.05, 4.69) is 25.4 Å². The van der Waals surface area contributed by atoms with Gasteiger partial charge in [0.15, 0.2) is 0 Å². The molecule has 1 aliphatic heterocycles. The molecule has 3 heteroatoms. The van der Waals surface area contributed by atoms with Crippen molar-refractivity contribution in [1.82, 2.24) is 10.0 Å². The summed E-state index contributed by atoms with van der Waals surface area (Å²) in [7, 11) is 0. The van der Waals surface area contributed by atoms with E-state index in [1.54, 1.807) is 5.01 Å². The van der Waals surface area contributed by atoms with Crippen LogP contribution in [0, 0.1) is 0 Å². The third-order valence-corrected chi connectivity index (χ3v) is 2.09. The van der Waals surface area contributed by atoms with Crippen molar-refractivity contribution in [1.29, 1.82) is 0 Å². The van der Waals surface area contributed by atoms with E-state index in [0.29, 0.717) is 6.04 Å². The summed E-state index contributed by atoms with van der Waals surface area (Å²) in [5.74, 6) is 0.0150. The van der Waals surface area contributed by atoms with Gasteiger partial charge in [0.05, 0.1) is 0 Å². The Morgan fingerprint density at radius 2 is 2.17 bits per heavy atom. The highest BCUT2D eigenvalue weighted by Gasteiger charge is 2.26. The van der Waals surface area contributed by atoms with E-state index in [1.165, 1.54) is 6.08 Å². The Morgan fingerprint density at radius 3 is 2.67 bits per heavy atom. The summed E-state index contributed by atoms with van der Waals surface area (Å²) >= 11 is 0. The van der Waals surface area contributed by atoms with Gasteiger partial charge in [-0.05, 0) is 26.3 Å². The molecular weight excluding hydrogens is 152 g/mol. The van der Waals surface area contributed by atoms with E-state index in [1.807, 2.05) is 0 Å². The standard InChI is InChI=1S/C9H16N2O/c1-4-9(12)11-7-5-6-10(11)8(2)3/h4,8H,1,5-7H2,2-3H3. The molecule has 1 rings (SSSR count). The summed E-state index contributed by atoms with van der Waals surface area (Å²) in [5, 5.41) is 3.86. The summed E-state index contributed by atoms with van der Waals surface area (Å²) in [4.78, 5) is 11.3. The lowest BCUT2D eigenvalue weighted by molar-refractivity contribution is -0.140. The van der Waals surface area contributed by atoms with Crippen LogP contribution in [0.5, 0.6) is 0 Å². The molecule has 0 spiro atoms. The zero-order valence-electron chi connectivity index (χ0n) is 7.79. The molecule has 1 aliphatic rings. The van der Waals surface area contributed by atoms with E-state index >= 15 is 0 Å². The monoisotopic (exact) mass is 168 g/mol. The predicted octanol–water partition coefficient (Wildman–Crippen LogP) is 1.03. The first kappa shape index (κ1) is 9.26. The number of rotatable bonds is 2. The average Bonchev–Trinajstić information content (AvgIpc) is 2.50. The number of nitrogens with zero attached hydrogens (tertiary/aromatic N) is 2. The number of hydrazine groups is 1. The Labute approximate surface area is 73.6 Å². The Balaban J connectivity index is 2.63. The van der Waals surface area contributed by atoms with Crippen LogP contribution in [-0.4, -0.2) is 35.1 Å². The van der Waals surface area contributed by atoms with Crippen molar-refractivity contribution in [3.05, 3.63) is 12.7 Å². The topological polar surface area (TPSA) is 23.6 Å². The molecule has 3 nitrogen and oxygen atoms in total. The zero-order valence-corrected chi connectivity index (χ0v) is 7.79. The second kappa shape index (κ2) is 3.72. The molecule has 1 amide bonds. The van der Waals surface area contributed by atoms with Crippen LogP contribution in [0.2, 0.25) is 0 Å². The lowest BCUT2D eigenvalue weighted by atomic mass is 10.4. The summed E-state index contributed by atoms with van der Waals surface area (Å²) in [6, 6.07) is 0.399. The molecule has 0 radical (unpaired) electrons. The van der Waals surface area contributed by atoms with Crippen LogP contribution in [0.3, 0.4) is 0 Å². The minimum atomic E-state index is 0.0150. The van der Waals surface area contributed by atoms with Gasteiger partial charge in [0.25, 0.3) is 5.91 Å². The average molecular weight is 168 g/mol. The molecule has 0 aromatic rings. The van der Waals surface area contributed by atoms with Gasteiger partial charge >= 0.3 is 0 Å². The van der Waals surface area contributed by atoms with Gasteiger partial charge in [-0.3, -0.25) is 9.80 Å². The third kappa shape index (κ3) is 1.67. The van der Waals surface area contributed by atoms with Gasteiger partial charge in [0, 0.05) is 19.1 Å². The fourth-order valence-electron chi connectivity index (χ4n) is 1.51. The second-order valence-corrected chi connectivity index (χ2v) is 3.28. The van der Waals surface area contributed by atoms with E-state index < -0.39 is 0 Å². The van der Waals surface area contributed by atoms with Crippen LogP contribution in [0.1, 0.15) is 20.3 Å². The molecule has 1 fully saturated rings. The minimum absolute atomic E-state index is 0.0150. The van der Waals surface area contributed by atoms with E-state index in [9.17, 15) is 4.79 Å². The first-order valence-corrected chi connectivity index (χ1v) is 4.37. The van der Waals surface area contributed by atoms with Crippen LogP contribution in [-0.2, 0) is 4.79 Å². The lowest BCUT2D eigenvalue weighted by Gasteiger charge is -2.30. The van der Waals surface area contributed by atoms with Crippen molar-refractivity contribution >= 4 is 5.91 Å². The molecule has 1 saturated heterocycles. The molecule has 12 heavy (non-hydrogen) atoms. The first-order valence-electron chi connectivity index (χ1n) is 4.37.